The summed E-state index contributed by atoms with van der Waals surface area (Å²) >= 11 is 5.25. The van der Waals surface area contributed by atoms with Crippen molar-refractivity contribution >= 4 is 125 Å². The number of aliphatic hydroxyl groups is 10. The second kappa shape index (κ2) is 36.9. The van der Waals surface area contributed by atoms with Crippen LogP contribution in [-0.2, 0) is 95.9 Å². The summed E-state index contributed by atoms with van der Waals surface area (Å²) in [5.74, 6) is 0.497. The van der Waals surface area contributed by atoms with Gasteiger partial charge < -0.3 is 152 Å². The number of phosphoric ester groups is 5. The Bertz CT molecular complexity index is 5790. The average Bonchev–Trinajstić information content (AvgIpc) is 1.56. The number of ether oxygens (including phenoxy) is 5. The van der Waals surface area contributed by atoms with Crippen LogP contribution in [0.2, 0.25) is 0 Å². The van der Waals surface area contributed by atoms with E-state index >= 15 is 0 Å². The first-order valence-corrected chi connectivity index (χ1v) is 43.1. The van der Waals surface area contributed by atoms with Crippen molar-refractivity contribution < 1.29 is 193 Å². The number of hydrazone groups is 1. The van der Waals surface area contributed by atoms with E-state index < -0.39 is 194 Å². The van der Waals surface area contributed by atoms with E-state index in [1.165, 1.54) is 60.3 Å². The second-order valence-electron chi connectivity index (χ2n) is 27.6. The van der Waals surface area contributed by atoms with Crippen LogP contribution in [0.25, 0.3) is 55.8 Å². The van der Waals surface area contributed by atoms with Crippen LogP contribution in [-0.4, -0.2) is 304 Å². The van der Waals surface area contributed by atoms with Crippen LogP contribution in [0.3, 0.4) is 0 Å². The number of aromatic nitrogens is 17. The summed E-state index contributed by atoms with van der Waals surface area (Å²) in [7, 11) is -18.7. The lowest BCUT2D eigenvalue weighted by Gasteiger charge is -2.30. The summed E-state index contributed by atoms with van der Waals surface area (Å²) in [6.07, 6.45) is -14.0. The number of hydrogen-bond donors (Lipinski definition) is 23. The molecule has 64 heteroatoms. The zero-order valence-corrected chi connectivity index (χ0v) is 67.8. The van der Waals surface area contributed by atoms with Gasteiger partial charge in [0, 0.05) is 20.0 Å². The van der Waals surface area contributed by atoms with Crippen molar-refractivity contribution in [3.8, 4) is 5.75 Å². The summed E-state index contributed by atoms with van der Waals surface area (Å²) in [4.78, 5) is 121. The molecule has 0 radical (unpaired) electrons. The highest BCUT2D eigenvalue weighted by molar-refractivity contribution is 7.59. The Hall–Kier alpha value is -8.20. The molecule has 10 aromatic heterocycles. The van der Waals surface area contributed by atoms with Crippen LogP contribution in [0.5, 0.6) is 5.75 Å². The van der Waals surface area contributed by atoms with Gasteiger partial charge in [0.2, 0.25) is 24.2 Å². The largest absolute Gasteiger partial charge is 0.870 e. The number of nitrogen functional groups attached to an aromatic ring is 1. The van der Waals surface area contributed by atoms with Gasteiger partial charge in [-0.2, -0.15) is 4.73 Å². The van der Waals surface area contributed by atoms with Crippen LogP contribution in [0.15, 0.2) is 84.8 Å². The fourth-order valence-electron chi connectivity index (χ4n) is 14.1. The van der Waals surface area contributed by atoms with Crippen molar-refractivity contribution in [3.63, 3.8) is 0 Å². The van der Waals surface area contributed by atoms with Gasteiger partial charge in [-0.15, -0.1) is 24.9 Å². The molecule has 21 atom stereocenters. The lowest BCUT2D eigenvalue weighted by molar-refractivity contribution is -0.746. The molecule has 58 nitrogen and oxygen atoms in total. The Balaban J connectivity index is 0.000000150. The third kappa shape index (κ3) is 19.7. The number of rotatable bonds is 18. The van der Waals surface area contributed by atoms with Crippen molar-refractivity contribution in [2.45, 2.75) is 155 Å². The number of anilines is 2. The smallest absolute Gasteiger partial charge is 0.470 e. The van der Waals surface area contributed by atoms with Crippen LogP contribution in [0.4, 0.5) is 11.5 Å². The SMILES string of the molecule is C.C.CC1=NN(C)c2ccnc3c2n1c[n+]3[C@@H]1O[C@H](COP(=O)(O)O)[C@@H](O)[C@H]1O.Cn1c[n+]([C@@H]2O[C@H](COP(=O)(O)O)[C@@H](O)[C@H]2O)c2nccc([O-])c21.Cn1c[n+]([C@@H]2O[C@H](COP(=O)(O)O)[C@@H](O)[C@H]2O)c2nccc([S-])c21.N=c1c2ncn([C@@H]3O[C@H](COP(=O)(O)O)[C@@H](O)[C@H]3O)c2ncn1O.Nc1ncnc2c1nc1n2[C@@H]2O[C@H](C1OP(=O)(O)O)[C@@H](O)[C@H]2O. The van der Waals surface area contributed by atoms with Gasteiger partial charge in [0.05, 0.1) is 46.9 Å². The van der Waals surface area contributed by atoms with Gasteiger partial charge in [-0.1, -0.05) is 20.6 Å². The summed E-state index contributed by atoms with van der Waals surface area (Å²) in [5, 5.41) is 136. The van der Waals surface area contributed by atoms with Crippen LogP contribution >= 0.6 is 39.1 Å². The van der Waals surface area contributed by atoms with E-state index in [4.69, 9.17) is 101 Å². The molecule has 7 aliphatic heterocycles. The Kier molecular flexibility index (Phi) is 28.7. The quantitative estimate of drug-likeness (QED) is 0.0164. The predicted octanol–water partition coefficient (Wildman–Crippen LogP) is -8.02. The Morgan fingerprint density at radius 2 is 0.976 bits per heavy atom. The number of fused-ring (bicyclic) bond motifs is 9. The number of phosphoric acid groups is 5. The van der Waals surface area contributed by atoms with Gasteiger partial charge in [0.25, 0.3) is 0 Å². The van der Waals surface area contributed by atoms with Crippen molar-refractivity contribution in [3.05, 3.63) is 86.1 Å². The molecular formula is C60H85N21O37P5S+. The molecule has 124 heavy (non-hydrogen) atoms. The molecule has 24 N–H and O–H groups in total. The highest BCUT2D eigenvalue weighted by Gasteiger charge is 2.57. The number of aliphatic hydroxyl groups excluding tert-OH is 10. The number of nitrogens with one attached hydrogen (secondary N) is 1. The number of hydrogen-bond acceptors (Lipinski definition) is 40. The van der Waals surface area contributed by atoms with Crippen molar-refractivity contribution in [1.29, 1.82) is 5.41 Å². The van der Waals surface area contributed by atoms with Crippen molar-refractivity contribution in [2.24, 2.45) is 19.2 Å². The molecule has 10 aromatic rings. The standard InChI is InChI=1S/C14H18N5O7P.C12H16N3O8P.C12H16N3O7PS.C10H14N5O8P.C10H12N5O7P.2CH4/c1-7-16-17(2)8-3-4-15-13-10(8)18(7)6-19(13)14-12(21)11(20)9(26-14)5-25-27(22,23)24;1-14-5-15(11-8(14)6(16)2-3-13-11)12-10(18)9(17)7(23-12)4-22-24(19,20)21;1-14-5-15(11-8(14)7(24)2-3-13-11)12-10(17)9(16)6(22-12)4-21-23(18,19)20;11-8-5-9(13-3-15(8)18)14(2-12-5)10-7(17)6(16)4(23-10)1-22-24(19,20)21;11-7-2-8(13-1-12-7)15-9(14-2)6(22-23(18,19)20)5-3(16)4(17)10(15)21-5;;/h3-4,6,9,11-12,14,20-21H,5H2,1-2H3,(H-,22,23,24);2-3,5,7,9-10,12,17-18H,4H2,1H3,(H2-,13,16,19,20,21);2-3,5-6,9-10,12,16-17H,4H2,1H3,(H2-,13,18,19,20,24);2-4,6-7,10-11,16-18H,1H2,(H2,19,20,21);1,3-6,10,16-17H,(H2,11,12,13)(H2,18,19,20);2*1H4/p+1/t9-,11-,12-,14-;7-,9-,10-,12-;6-,9-,10-,12-;4-,6-,7-,10-;3-,4+,5-,6?,10+;;/m11110../s1. The third-order valence-electron chi connectivity index (χ3n) is 19.6. The molecule has 1 unspecified atom stereocenters. The molecule has 5 saturated heterocycles. The van der Waals surface area contributed by atoms with E-state index in [0.29, 0.717) is 32.3 Å². The van der Waals surface area contributed by atoms with E-state index in [-0.39, 0.29) is 71.2 Å². The van der Waals surface area contributed by atoms with E-state index in [0.717, 1.165) is 17.5 Å². The molecular weight excluding hydrogens is 1790 g/mol. The Morgan fingerprint density at radius 3 is 1.48 bits per heavy atom. The number of aryl methyl sites for hydroxylation is 2. The van der Waals surface area contributed by atoms with Crippen LogP contribution < -0.4 is 35.0 Å². The molecule has 0 aromatic carbocycles. The van der Waals surface area contributed by atoms with Crippen LogP contribution in [0.1, 0.15) is 64.8 Å². The summed E-state index contributed by atoms with van der Waals surface area (Å²) in [5.41, 5.74) is 9.62. The van der Waals surface area contributed by atoms with E-state index in [1.54, 1.807) is 70.8 Å². The number of nitrogens with zero attached hydrogens (tertiary/aromatic N) is 19. The number of imidazole rings is 5. The third-order valence-corrected chi connectivity index (χ3v) is 22.3. The molecule has 17 rings (SSSR count). The summed E-state index contributed by atoms with van der Waals surface area (Å²) in [6, 6.07) is 4.76. The topological polar surface area (TPSA) is 835 Å². The van der Waals surface area contributed by atoms with Crippen molar-refractivity contribution in [2.75, 3.05) is 44.2 Å². The number of nitrogens with two attached hydrogens (primary N) is 1. The van der Waals surface area contributed by atoms with E-state index in [1.807, 2.05) is 6.92 Å². The molecule has 682 valence electrons. The van der Waals surface area contributed by atoms with Gasteiger partial charge in [0.15, 0.2) is 88.0 Å². The van der Waals surface area contributed by atoms with Gasteiger partial charge in [-0.25, -0.2) is 66.0 Å². The fourth-order valence-corrected chi connectivity index (χ4v) is 16.3. The molecule has 7 aliphatic rings. The first-order chi connectivity index (χ1) is 57.0. The van der Waals surface area contributed by atoms with Gasteiger partial charge in [0.1, 0.15) is 134 Å². The lowest BCUT2D eigenvalue weighted by atomic mass is 10.1. The van der Waals surface area contributed by atoms with Crippen molar-refractivity contribution in [1.82, 2.24) is 67.4 Å². The van der Waals surface area contributed by atoms with Gasteiger partial charge >= 0.3 is 56.1 Å². The molecule has 0 spiro atoms. The molecule has 2 bridgehead atoms. The minimum absolute atomic E-state index is 0. The molecule has 0 aliphatic carbocycles. The first kappa shape index (κ1) is 96.4. The minimum Gasteiger partial charge on any atom is -0.870 e. The normalized spacial score (nSPS) is 28.4. The maximum atomic E-state index is 11.9. The van der Waals surface area contributed by atoms with Crippen LogP contribution in [0, 0.1) is 5.41 Å². The van der Waals surface area contributed by atoms with E-state index in [9.17, 15) is 84.2 Å². The zero-order valence-electron chi connectivity index (χ0n) is 62.5. The summed E-state index contributed by atoms with van der Waals surface area (Å²) in [6.45, 7) is -0.568. The molecule has 5 fully saturated rings. The lowest BCUT2D eigenvalue weighted by Crippen LogP contribution is -2.46. The minimum atomic E-state index is -4.92. The molecule has 0 saturated carbocycles. The predicted molar refractivity (Wildman–Crippen MR) is 403 cm³/mol. The average molecular weight is 1880 g/mol. The fraction of sp³-hybridized carbons (Fsp3) is 0.517. The monoisotopic (exact) mass is 1880 g/mol. The maximum absolute atomic E-state index is 11.9. The van der Waals surface area contributed by atoms with Gasteiger partial charge in [-0.05, 0) is 12.1 Å². The van der Waals surface area contributed by atoms with E-state index in [2.05, 4.69) is 63.1 Å². The second-order valence-corrected chi connectivity index (χ2v) is 34.2. The first-order valence-electron chi connectivity index (χ1n) is 35.0. The Labute approximate surface area is 698 Å². The van der Waals surface area contributed by atoms with Gasteiger partial charge in [-0.3, -0.25) is 51.3 Å². The maximum Gasteiger partial charge on any atom is 0.470 e. The highest BCUT2D eigenvalue weighted by Crippen LogP contribution is 2.52. The zero-order chi connectivity index (χ0) is 89.0. The Morgan fingerprint density at radius 1 is 0.524 bits per heavy atom. The molecule has 17 heterocycles. The highest BCUT2D eigenvalue weighted by atomic mass is 32.1. The molecule has 0 amide bonds. The summed E-state index contributed by atoms with van der Waals surface area (Å²) < 4.78 is 116. The number of pyridine rings is 3.